The van der Waals surface area contributed by atoms with Gasteiger partial charge in [0.25, 0.3) is 21.8 Å². The lowest BCUT2D eigenvalue weighted by Crippen LogP contribution is -2.33. The van der Waals surface area contributed by atoms with Gasteiger partial charge in [-0.3, -0.25) is 19.6 Å². The molecule has 1 aromatic heterocycles. The highest BCUT2D eigenvalue weighted by atomic mass is 32.2. The number of anilines is 1. The number of hydrogen-bond donors (Lipinski definition) is 2. The first kappa shape index (κ1) is 22.2. The molecule has 0 unspecified atom stereocenters. The zero-order valence-corrected chi connectivity index (χ0v) is 18.0. The summed E-state index contributed by atoms with van der Waals surface area (Å²) in [5.41, 5.74) is 1.47. The molecule has 0 saturated carbocycles. The van der Waals surface area contributed by atoms with Gasteiger partial charge >= 0.3 is 5.97 Å². The molecule has 31 heavy (non-hydrogen) atoms. The lowest BCUT2D eigenvalue weighted by Gasteiger charge is -2.09. The molecule has 3 aromatic rings. The van der Waals surface area contributed by atoms with Crippen LogP contribution < -0.4 is 10.0 Å². The van der Waals surface area contributed by atoms with E-state index in [-0.39, 0.29) is 10.5 Å². The molecule has 10 heteroatoms. The molecule has 0 fully saturated rings. The van der Waals surface area contributed by atoms with Crippen molar-refractivity contribution in [1.29, 1.82) is 0 Å². The second kappa shape index (κ2) is 9.54. The maximum atomic E-state index is 12.5. The normalized spacial score (nSPS) is 10.9. The molecular weight excluding hydrogens is 440 g/mol. The molecule has 0 atom stereocenters. The van der Waals surface area contributed by atoms with E-state index in [1.807, 2.05) is 6.92 Å². The number of ether oxygens (including phenoxy) is 1. The third-order valence-corrected chi connectivity index (χ3v) is 6.30. The molecular formula is C21H18N2O6S2. The number of nitrogens with one attached hydrogen (secondary N) is 2. The average molecular weight is 459 g/mol. The number of esters is 1. The van der Waals surface area contributed by atoms with E-state index < -0.39 is 34.4 Å². The van der Waals surface area contributed by atoms with Crippen LogP contribution in [0.3, 0.4) is 0 Å². The Morgan fingerprint density at radius 3 is 2.26 bits per heavy atom. The number of amides is 2. The summed E-state index contributed by atoms with van der Waals surface area (Å²) in [5, 5.41) is 3.81. The number of hydrogen-bond acceptors (Lipinski definition) is 7. The van der Waals surface area contributed by atoms with Crippen molar-refractivity contribution in [2.24, 2.45) is 0 Å². The number of rotatable bonds is 7. The standard InChI is InChI=1S/C21H18N2O6S2/c1-14-4-8-16(9-5-14)23-31(27,28)17-10-6-15(7-11-17)21(26)29-13-19(24)22-20(25)18-3-2-12-30-18/h2-12,23H,13H2,1H3,(H,22,24,25). The van der Waals surface area contributed by atoms with Crippen molar-refractivity contribution in [1.82, 2.24) is 5.32 Å². The Balaban J connectivity index is 1.56. The summed E-state index contributed by atoms with van der Waals surface area (Å²) in [4.78, 5) is 36.0. The van der Waals surface area contributed by atoms with E-state index >= 15 is 0 Å². The second-order valence-corrected chi connectivity index (χ2v) is 9.06. The van der Waals surface area contributed by atoms with Gasteiger partial charge in [0, 0.05) is 5.69 Å². The predicted octanol–water partition coefficient (Wildman–Crippen LogP) is 2.97. The highest BCUT2D eigenvalue weighted by Gasteiger charge is 2.17. The summed E-state index contributed by atoms with van der Waals surface area (Å²) in [6.07, 6.45) is 0. The number of carbonyl (C=O) groups excluding carboxylic acids is 3. The zero-order chi connectivity index (χ0) is 22.4. The van der Waals surface area contributed by atoms with E-state index in [4.69, 9.17) is 4.74 Å². The fraction of sp³-hybridized carbons (Fsp3) is 0.0952. The Bertz CT molecular complexity index is 1190. The second-order valence-electron chi connectivity index (χ2n) is 6.43. The van der Waals surface area contributed by atoms with Gasteiger partial charge in [0.05, 0.1) is 15.3 Å². The van der Waals surface area contributed by atoms with E-state index in [2.05, 4.69) is 10.0 Å². The predicted molar refractivity (Wildman–Crippen MR) is 116 cm³/mol. The van der Waals surface area contributed by atoms with Crippen LogP contribution in [0, 0.1) is 6.92 Å². The van der Waals surface area contributed by atoms with E-state index in [9.17, 15) is 22.8 Å². The smallest absolute Gasteiger partial charge is 0.338 e. The summed E-state index contributed by atoms with van der Waals surface area (Å²) in [7, 11) is -3.83. The molecule has 2 amide bonds. The first-order valence-corrected chi connectivity index (χ1v) is 11.4. The van der Waals surface area contributed by atoms with Crippen molar-refractivity contribution in [3.05, 3.63) is 82.0 Å². The molecule has 8 nitrogen and oxygen atoms in total. The number of thiophene rings is 1. The van der Waals surface area contributed by atoms with Crippen molar-refractivity contribution in [3.63, 3.8) is 0 Å². The fourth-order valence-corrected chi connectivity index (χ4v) is 4.13. The van der Waals surface area contributed by atoms with Crippen LogP contribution in [0.15, 0.2) is 70.9 Å². The molecule has 2 aromatic carbocycles. The molecule has 0 spiro atoms. The van der Waals surface area contributed by atoms with Gasteiger partial charge in [0.1, 0.15) is 0 Å². The average Bonchev–Trinajstić information content (AvgIpc) is 3.29. The number of sulfonamides is 1. The molecule has 1 heterocycles. The molecule has 0 saturated heterocycles. The topological polar surface area (TPSA) is 119 Å². The highest BCUT2D eigenvalue weighted by molar-refractivity contribution is 7.92. The minimum Gasteiger partial charge on any atom is -0.452 e. The van der Waals surface area contributed by atoms with Gasteiger partial charge in [-0.2, -0.15) is 0 Å². The van der Waals surface area contributed by atoms with Crippen LogP contribution in [0.2, 0.25) is 0 Å². The number of carbonyl (C=O) groups is 3. The number of imide groups is 1. The molecule has 0 aliphatic heterocycles. The first-order chi connectivity index (χ1) is 14.7. The van der Waals surface area contributed by atoms with Crippen LogP contribution >= 0.6 is 11.3 Å². The quantitative estimate of drug-likeness (QED) is 0.526. The van der Waals surface area contributed by atoms with Crippen molar-refractivity contribution in [2.75, 3.05) is 11.3 Å². The number of aryl methyl sites for hydroxylation is 1. The molecule has 0 aliphatic carbocycles. The minimum atomic E-state index is -3.83. The Morgan fingerprint density at radius 2 is 1.65 bits per heavy atom. The van der Waals surface area contributed by atoms with Gasteiger partial charge in [-0.15, -0.1) is 11.3 Å². The summed E-state index contributed by atoms with van der Waals surface area (Å²) in [6.45, 7) is 1.24. The molecule has 0 bridgehead atoms. The van der Waals surface area contributed by atoms with Crippen molar-refractivity contribution >= 4 is 44.8 Å². The fourth-order valence-electron chi connectivity index (χ4n) is 2.45. The Labute approximate surface area is 182 Å². The van der Waals surface area contributed by atoms with E-state index in [0.29, 0.717) is 10.6 Å². The van der Waals surface area contributed by atoms with Crippen molar-refractivity contribution < 1.29 is 27.5 Å². The molecule has 2 N–H and O–H groups in total. The maximum absolute atomic E-state index is 12.5. The van der Waals surface area contributed by atoms with E-state index in [1.165, 1.54) is 35.6 Å². The lowest BCUT2D eigenvalue weighted by molar-refractivity contribution is -0.123. The highest BCUT2D eigenvalue weighted by Crippen LogP contribution is 2.17. The molecule has 0 radical (unpaired) electrons. The Hall–Kier alpha value is -3.50. The van der Waals surface area contributed by atoms with E-state index in [0.717, 1.165) is 5.56 Å². The van der Waals surface area contributed by atoms with Gasteiger partial charge in [0.2, 0.25) is 0 Å². The van der Waals surface area contributed by atoms with Gasteiger partial charge in [-0.05, 0) is 54.8 Å². The van der Waals surface area contributed by atoms with Gasteiger partial charge < -0.3 is 4.74 Å². The summed E-state index contributed by atoms with van der Waals surface area (Å²) in [6, 6.07) is 15.2. The summed E-state index contributed by atoms with van der Waals surface area (Å²) < 4.78 is 32.3. The lowest BCUT2D eigenvalue weighted by atomic mass is 10.2. The van der Waals surface area contributed by atoms with Crippen LogP contribution in [0.5, 0.6) is 0 Å². The Morgan fingerprint density at radius 1 is 0.968 bits per heavy atom. The third-order valence-electron chi connectivity index (χ3n) is 4.04. The van der Waals surface area contributed by atoms with Gasteiger partial charge in [-0.1, -0.05) is 23.8 Å². The number of benzene rings is 2. The first-order valence-electron chi connectivity index (χ1n) is 8.99. The monoisotopic (exact) mass is 458 g/mol. The largest absolute Gasteiger partial charge is 0.452 e. The summed E-state index contributed by atoms with van der Waals surface area (Å²) in [5.74, 6) is -2.17. The zero-order valence-electron chi connectivity index (χ0n) is 16.3. The minimum absolute atomic E-state index is 0.0380. The van der Waals surface area contributed by atoms with Gasteiger partial charge in [-0.25, -0.2) is 13.2 Å². The van der Waals surface area contributed by atoms with Crippen LogP contribution in [0.1, 0.15) is 25.6 Å². The third kappa shape index (κ3) is 6.00. The summed E-state index contributed by atoms with van der Waals surface area (Å²) >= 11 is 1.17. The molecule has 160 valence electrons. The van der Waals surface area contributed by atoms with Crippen molar-refractivity contribution in [2.45, 2.75) is 11.8 Å². The van der Waals surface area contributed by atoms with Crippen LogP contribution in [0.25, 0.3) is 0 Å². The van der Waals surface area contributed by atoms with Crippen molar-refractivity contribution in [3.8, 4) is 0 Å². The maximum Gasteiger partial charge on any atom is 0.338 e. The Kier molecular flexibility index (Phi) is 6.83. The van der Waals surface area contributed by atoms with Gasteiger partial charge in [0.15, 0.2) is 6.61 Å². The molecule has 0 aliphatic rings. The van der Waals surface area contributed by atoms with Crippen LogP contribution in [-0.2, 0) is 19.6 Å². The van der Waals surface area contributed by atoms with Crippen LogP contribution in [0.4, 0.5) is 5.69 Å². The SMILES string of the molecule is Cc1ccc(NS(=O)(=O)c2ccc(C(=O)OCC(=O)NC(=O)c3cccs3)cc2)cc1. The van der Waals surface area contributed by atoms with E-state index in [1.54, 1.807) is 41.8 Å². The molecule has 3 rings (SSSR count). The van der Waals surface area contributed by atoms with Crippen LogP contribution in [-0.4, -0.2) is 32.8 Å².